The molecule has 1 N–H and O–H groups in total. The molecule has 0 saturated carbocycles. The zero-order valence-electron chi connectivity index (χ0n) is 12.5. The number of halogens is 4. The minimum absolute atomic E-state index is 0.279. The second-order valence-electron chi connectivity index (χ2n) is 4.94. The number of hydrogen-bond donors (Lipinski definition) is 1. The summed E-state index contributed by atoms with van der Waals surface area (Å²) in [4.78, 5) is 12.0. The molecular formula is C13H15ClF3N5O. The molecule has 10 heteroatoms. The number of aromatic nitrogens is 4. The van der Waals surface area contributed by atoms with Gasteiger partial charge in [0.25, 0.3) is 5.91 Å². The van der Waals surface area contributed by atoms with E-state index in [2.05, 4.69) is 15.5 Å². The number of carbonyl (C=O) groups excluding carboxylic acids is 1. The van der Waals surface area contributed by atoms with Crippen molar-refractivity contribution in [2.24, 2.45) is 7.05 Å². The van der Waals surface area contributed by atoms with Gasteiger partial charge in [0.05, 0.1) is 0 Å². The lowest BCUT2D eigenvalue weighted by molar-refractivity contribution is -0.141. The summed E-state index contributed by atoms with van der Waals surface area (Å²) in [6.45, 7) is 2.77. The van der Waals surface area contributed by atoms with Crippen LogP contribution in [0.4, 0.5) is 13.2 Å². The van der Waals surface area contributed by atoms with Crippen LogP contribution in [-0.2, 0) is 19.8 Å². The number of nitrogens with one attached hydrogen (secondary N) is 1. The first-order valence-electron chi connectivity index (χ1n) is 6.78. The van der Waals surface area contributed by atoms with E-state index in [1.165, 1.54) is 7.05 Å². The molecule has 1 amide bonds. The summed E-state index contributed by atoms with van der Waals surface area (Å²) in [5.41, 5.74) is -0.589. The minimum Gasteiger partial charge on any atom is -0.351 e. The SMILES string of the molecule is Cc1ccnn1CCCNC(=O)c1c(Cl)c(C(F)(F)F)nn1C. The molecule has 0 saturated heterocycles. The Bertz CT molecular complexity index is 707. The third-order valence-corrected chi connectivity index (χ3v) is 3.59. The van der Waals surface area contributed by atoms with E-state index in [-0.39, 0.29) is 12.2 Å². The van der Waals surface area contributed by atoms with Gasteiger partial charge in [-0.2, -0.15) is 23.4 Å². The number of nitrogens with zero attached hydrogens (tertiary/aromatic N) is 4. The van der Waals surface area contributed by atoms with E-state index in [1.807, 2.05) is 13.0 Å². The van der Waals surface area contributed by atoms with Gasteiger partial charge in [-0.1, -0.05) is 11.6 Å². The molecule has 0 aliphatic carbocycles. The van der Waals surface area contributed by atoms with Crippen LogP contribution in [0.25, 0.3) is 0 Å². The predicted molar refractivity (Wildman–Crippen MR) is 77.1 cm³/mol. The van der Waals surface area contributed by atoms with Gasteiger partial charge in [-0.15, -0.1) is 0 Å². The Morgan fingerprint density at radius 3 is 2.65 bits per heavy atom. The summed E-state index contributed by atoms with van der Waals surface area (Å²) < 4.78 is 40.7. The maximum atomic E-state index is 12.7. The van der Waals surface area contributed by atoms with Gasteiger partial charge >= 0.3 is 6.18 Å². The van der Waals surface area contributed by atoms with Gasteiger partial charge in [0.15, 0.2) is 5.69 Å². The number of rotatable bonds is 5. The molecule has 23 heavy (non-hydrogen) atoms. The van der Waals surface area contributed by atoms with Crippen LogP contribution < -0.4 is 5.32 Å². The number of aryl methyl sites for hydroxylation is 3. The predicted octanol–water partition coefficient (Wildman–Crippen LogP) is 2.42. The molecule has 2 heterocycles. The standard InChI is InChI=1S/C13H15ClF3N5O/c1-8-4-6-19-22(8)7-3-5-18-12(23)10-9(14)11(13(15,16)17)20-21(10)2/h4,6H,3,5,7H2,1-2H3,(H,18,23). The van der Waals surface area contributed by atoms with Crippen molar-refractivity contribution >= 4 is 17.5 Å². The van der Waals surface area contributed by atoms with Crippen LogP contribution in [0.1, 0.15) is 28.3 Å². The Labute approximate surface area is 135 Å². The third kappa shape index (κ3) is 3.84. The Kier molecular flexibility index (Phi) is 4.98. The van der Waals surface area contributed by atoms with Crippen LogP contribution in [0.2, 0.25) is 5.02 Å². The molecule has 0 radical (unpaired) electrons. The van der Waals surface area contributed by atoms with Crippen LogP contribution in [0.15, 0.2) is 12.3 Å². The molecule has 6 nitrogen and oxygen atoms in total. The number of alkyl halides is 3. The molecule has 2 aromatic rings. The Hall–Kier alpha value is -2.03. The summed E-state index contributed by atoms with van der Waals surface area (Å²) in [6, 6.07) is 1.85. The smallest absolute Gasteiger partial charge is 0.351 e. The quantitative estimate of drug-likeness (QED) is 0.843. The normalized spacial score (nSPS) is 11.7. The zero-order valence-corrected chi connectivity index (χ0v) is 13.2. The van der Waals surface area contributed by atoms with Crippen molar-refractivity contribution in [1.29, 1.82) is 0 Å². The zero-order chi connectivity index (χ0) is 17.2. The second kappa shape index (κ2) is 6.61. The lowest BCUT2D eigenvalue weighted by Crippen LogP contribution is -2.27. The van der Waals surface area contributed by atoms with Crippen molar-refractivity contribution < 1.29 is 18.0 Å². The highest BCUT2D eigenvalue weighted by atomic mass is 35.5. The van der Waals surface area contributed by atoms with E-state index < -0.39 is 22.8 Å². The fraction of sp³-hybridized carbons (Fsp3) is 0.462. The van der Waals surface area contributed by atoms with Crippen molar-refractivity contribution in [3.8, 4) is 0 Å². The molecule has 0 atom stereocenters. The van der Waals surface area contributed by atoms with E-state index in [1.54, 1.807) is 10.9 Å². The maximum absolute atomic E-state index is 12.7. The van der Waals surface area contributed by atoms with E-state index >= 15 is 0 Å². The lowest BCUT2D eigenvalue weighted by Gasteiger charge is -2.07. The van der Waals surface area contributed by atoms with E-state index in [0.717, 1.165) is 10.4 Å². The Morgan fingerprint density at radius 2 is 2.13 bits per heavy atom. The average molecular weight is 350 g/mol. The van der Waals surface area contributed by atoms with Crippen LogP contribution in [0.3, 0.4) is 0 Å². The van der Waals surface area contributed by atoms with Crippen molar-refractivity contribution in [3.63, 3.8) is 0 Å². The highest BCUT2D eigenvalue weighted by Gasteiger charge is 2.39. The summed E-state index contributed by atoms with van der Waals surface area (Å²) in [5, 5.41) is 9.20. The fourth-order valence-electron chi connectivity index (χ4n) is 2.07. The van der Waals surface area contributed by atoms with Gasteiger partial charge in [0.2, 0.25) is 0 Å². The highest BCUT2D eigenvalue weighted by molar-refractivity contribution is 6.34. The molecule has 0 aromatic carbocycles. The molecule has 126 valence electrons. The fourth-order valence-corrected chi connectivity index (χ4v) is 2.43. The molecule has 0 unspecified atom stereocenters. The molecule has 0 fully saturated rings. The van der Waals surface area contributed by atoms with Gasteiger partial charge in [-0.05, 0) is 19.4 Å². The van der Waals surface area contributed by atoms with Crippen molar-refractivity contribution in [2.45, 2.75) is 26.1 Å². The topological polar surface area (TPSA) is 64.7 Å². The minimum atomic E-state index is -4.70. The van der Waals surface area contributed by atoms with E-state index in [9.17, 15) is 18.0 Å². The van der Waals surface area contributed by atoms with Crippen molar-refractivity contribution in [2.75, 3.05) is 6.54 Å². The van der Waals surface area contributed by atoms with Gasteiger partial charge in [0.1, 0.15) is 10.7 Å². The van der Waals surface area contributed by atoms with E-state index in [4.69, 9.17) is 11.6 Å². The second-order valence-corrected chi connectivity index (χ2v) is 5.32. The Morgan fingerprint density at radius 1 is 1.43 bits per heavy atom. The number of hydrogen-bond acceptors (Lipinski definition) is 3. The first-order valence-corrected chi connectivity index (χ1v) is 7.16. The van der Waals surface area contributed by atoms with Crippen molar-refractivity contribution in [1.82, 2.24) is 24.9 Å². The molecule has 2 aromatic heterocycles. The largest absolute Gasteiger partial charge is 0.436 e. The first kappa shape index (κ1) is 17.3. The van der Waals surface area contributed by atoms with Gasteiger partial charge in [0, 0.05) is 32.0 Å². The van der Waals surface area contributed by atoms with Crippen LogP contribution in [0.5, 0.6) is 0 Å². The first-order chi connectivity index (χ1) is 10.7. The molecule has 0 bridgehead atoms. The molecule has 2 rings (SSSR count). The van der Waals surface area contributed by atoms with Crippen LogP contribution >= 0.6 is 11.6 Å². The summed E-state index contributed by atoms with van der Waals surface area (Å²) in [6.07, 6.45) is -2.46. The van der Waals surface area contributed by atoms with Crippen molar-refractivity contribution in [3.05, 3.63) is 34.4 Å². The maximum Gasteiger partial charge on any atom is 0.436 e. The lowest BCUT2D eigenvalue weighted by atomic mass is 10.3. The average Bonchev–Trinajstić information content (AvgIpc) is 2.98. The molecule has 0 spiro atoms. The summed E-state index contributed by atoms with van der Waals surface area (Å²) in [5.74, 6) is -0.697. The van der Waals surface area contributed by atoms with Gasteiger partial charge in [-0.25, -0.2) is 0 Å². The van der Waals surface area contributed by atoms with Crippen LogP contribution in [-0.4, -0.2) is 32.0 Å². The number of carbonyl (C=O) groups is 1. The molecule has 0 aliphatic heterocycles. The monoisotopic (exact) mass is 349 g/mol. The summed E-state index contributed by atoms with van der Waals surface area (Å²) in [7, 11) is 1.24. The number of amides is 1. The van der Waals surface area contributed by atoms with E-state index in [0.29, 0.717) is 13.0 Å². The highest BCUT2D eigenvalue weighted by Crippen LogP contribution is 2.35. The third-order valence-electron chi connectivity index (χ3n) is 3.23. The molecule has 0 aliphatic rings. The van der Waals surface area contributed by atoms with Gasteiger partial charge in [-0.3, -0.25) is 14.2 Å². The van der Waals surface area contributed by atoms with Gasteiger partial charge < -0.3 is 5.32 Å². The summed E-state index contributed by atoms with van der Waals surface area (Å²) >= 11 is 5.65. The Balaban J connectivity index is 1.96. The molecular weight excluding hydrogens is 335 g/mol. The van der Waals surface area contributed by atoms with Crippen LogP contribution in [0, 0.1) is 6.92 Å².